The summed E-state index contributed by atoms with van der Waals surface area (Å²) in [5, 5.41) is 4.10. The number of hydrogen-bond acceptors (Lipinski definition) is 2. The smallest absolute Gasteiger partial charge is 0.119 e. The van der Waals surface area contributed by atoms with E-state index >= 15 is 0 Å². The van der Waals surface area contributed by atoms with E-state index in [-0.39, 0.29) is 0 Å². The largest absolute Gasteiger partial charge is 0.494 e. The number of rotatable bonds is 7. The molecule has 0 saturated carbocycles. The van der Waals surface area contributed by atoms with Gasteiger partial charge >= 0.3 is 0 Å². The zero-order valence-electron chi connectivity index (χ0n) is 12.0. The van der Waals surface area contributed by atoms with Gasteiger partial charge in [-0.2, -0.15) is 0 Å². The minimum Gasteiger partial charge on any atom is -0.494 e. The van der Waals surface area contributed by atoms with Crippen LogP contribution in [0.25, 0.3) is 0 Å². The van der Waals surface area contributed by atoms with Gasteiger partial charge in [0.2, 0.25) is 0 Å². The van der Waals surface area contributed by atoms with Gasteiger partial charge in [-0.1, -0.05) is 37.1 Å². The fourth-order valence-electron chi connectivity index (χ4n) is 1.87. The molecule has 21 heavy (non-hydrogen) atoms. The van der Waals surface area contributed by atoms with Crippen LogP contribution in [0.15, 0.2) is 42.5 Å². The molecule has 0 radical (unpaired) electrons. The van der Waals surface area contributed by atoms with Crippen molar-refractivity contribution < 1.29 is 4.74 Å². The molecule has 0 bridgehead atoms. The van der Waals surface area contributed by atoms with Gasteiger partial charge in [0.15, 0.2) is 0 Å². The minimum atomic E-state index is 0.746. The second-order valence-electron chi connectivity index (χ2n) is 4.82. The van der Waals surface area contributed by atoms with Gasteiger partial charge in [-0.15, -0.1) is 0 Å². The third kappa shape index (κ3) is 5.40. The first-order chi connectivity index (χ1) is 10.2. The third-order valence-electron chi connectivity index (χ3n) is 3.10. The average molecular weight is 416 g/mol. The zero-order valence-corrected chi connectivity index (χ0v) is 14.9. The summed E-state index contributed by atoms with van der Waals surface area (Å²) < 4.78 is 6.79. The molecule has 0 heterocycles. The van der Waals surface area contributed by atoms with E-state index in [0.29, 0.717) is 0 Å². The predicted molar refractivity (Wildman–Crippen MR) is 98.3 cm³/mol. The van der Waals surface area contributed by atoms with E-state index in [0.717, 1.165) is 46.0 Å². The van der Waals surface area contributed by atoms with E-state index in [1.807, 2.05) is 30.3 Å². The minimum absolute atomic E-state index is 0.746. The lowest BCUT2D eigenvalue weighted by Crippen LogP contribution is -2.01. The molecule has 0 aliphatic rings. The molecule has 0 aliphatic heterocycles. The Morgan fingerprint density at radius 3 is 2.57 bits per heavy atom. The van der Waals surface area contributed by atoms with Gasteiger partial charge < -0.3 is 10.1 Å². The maximum Gasteiger partial charge on any atom is 0.119 e. The highest BCUT2D eigenvalue weighted by molar-refractivity contribution is 14.1. The summed E-state index contributed by atoms with van der Waals surface area (Å²) in [5.74, 6) is 0.930. The SMILES string of the molecule is CCCCOc1ccc(CNc2ccc(I)cc2Cl)cc1. The molecule has 0 amide bonds. The van der Waals surface area contributed by atoms with Gasteiger partial charge in [-0.25, -0.2) is 0 Å². The second kappa shape index (κ2) is 8.49. The van der Waals surface area contributed by atoms with Crippen LogP contribution in [0.3, 0.4) is 0 Å². The first kappa shape index (κ1) is 16.4. The molecule has 2 rings (SSSR count). The van der Waals surface area contributed by atoms with E-state index in [2.05, 4.69) is 47.0 Å². The van der Waals surface area contributed by atoms with Crippen LogP contribution in [0, 0.1) is 3.57 Å². The normalized spacial score (nSPS) is 10.4. The summed E-state index contributed by atoms with van der Waals surface area (Å²) >= 11 is 8.46. The lowest BCUT2D eigenvalue weighted by Gasteiger charge is -2.10. The highest BCUT2D eigenvalue weighted by Gasteiger charge is 2.01. The van der Waals surface area contributed by atoms with Crippen molar-refractivity contribution in [3.05, 3.63) is 56.6 Å². The Morgan fingerprint density at radius 1 is 1.14 bits per heavy atom. The van der Waals surface area contributed by atoms with Crippen LogP contribution in [-0.2, 0) is 6.54 Å². The molecule has 0 aliphatic carbocycles. The van der Waals surface area contributed by atoms with Gasteiger partial charge in [-0.05, 0) is 64.9 Å². The van der Waals surface area contributed by atoms with Crippen molar-refractivity contribution in [3.63, 3.8) is 0 Å². The first-order valence-electron chi connectivity index (χ1n) is 7.09. The van der Waals surface area contributed by atoms with E-state index in [1.165, 1.54) is 5.56 Å². The lowest BCUT2D eigenvalue weighted by molar-refractivity contribution is 0.309. The summed E-state index contributed by atoms with van der Waals surface area (Å²) in [6.45, 7) is 3.69. The molecular formula is C17H19ClINO. The zero-order chi connectivity index (χ0) is 15.1. The quantitative estimate of drug-likeness (QED) is 0.460. The molecule has 0 atom stereocenters. The van der Waals surface area contributed by atoms with Crippen LogP contribution < -0.4 is 10.1 Å². The van der Waals surface area contributed by atoms with Crippen LogP contribution in [0.1, 0.15) is 25.3 Å². The van der Waals surface area contributed by atoms with E-state index in [4.69, 9.17) is 16.3 Å². The van der Waals surface area contributed by atoms with Gasteiger partial charge in [0.05, 0.1) is 17.3 Å². The van der Waals surface area contributed by atoms with Gasteiger partial charge in [0.25, 0.3) is 0 Å². The molecule has 4 heteroatoms. The van der Waals surface area contributed by atoms with Gasteiger partial charge in [-0.3, -0.25) is 0 Å². The first-order valence-corrected chi connectivity index (χ1v) is 8.55. The van der Waals surface area contributed by atoms with Crippen molar-refractivity contribution in [2.75, 3.05) is 11.9 Å². The van der Waals surface area contributed by atoms with Crippen LogP contribution in [-0.4, -0.2) is 6.61 Å². The van der Waals surface area contributed by atoms with E-state index < -0.39 is 0 Å². The standard InChI is InChI=1S/C17H19ClINO/c1-2-3-10-21-15-7-4-13(5-8-15)12-20-17-9-6-14(19)11-16(17)18/h4-9,11,20H,2-3,10,12H2,1H3. The van der Waals surface area contributed by atoms with Crippen molar-refractivity contribution in [1.82, 2.24) is 0 Å². The molecular weight excluding hydrogens is 397 g/mol. The molecule has 2 aromatic rings. The van der Waals surface area contributed by atoms with Gasteiger partial charge in [0.1, 0.15) is 5.75 Å². The van der Waals surface area contributed by atoms with Crippen molar-refractivity contribution in [2.45, 2.75) is 26.3 Å². The fraction of sp³-hybridized carbons (Fsp3) is 0.294. The molecule has 2 nitrogen and oxygen atoms in total. The van der Waals surface area contributed by atoms with E-state index in [1.54, 1.807) is 0 Å². The predicted octanol–water partition coefficient (Wildman–Crippen LogP) is 5.74. The highest BCUT2D eigenvalue weighted by Crippen LogP contribution is 2.24. The topological polar surface area (TPSA) is 21.3 Å². The monoisotopic (exact) mass is 415 g/mol. The molecule has 0 spiro atoms. The molecule has 0 unspecified atom stereocenters. The molecule has 2 aromatic carbocycles. The number of nitrogens with one attached hydrogen (secondary N) is 1. The summed E-state index contributed by atoms with van der Waals surface area (Å²) in [6.07, 6.45) is 2.24. The number of halogens is 2. The molecule has 0 fully saturated rings. The summed E-state index contributed by atoms with van der Waals surface area (Å²) in [7, 11) is 0. The van der Waals surface area contributed by atoms with Crippen LogP contribution in [0.2, 0.25) is 5.02 Å². The van der Waals surface area contributed by atoms with Crippen LogP contribution in [0.5, 0.6) is 5.75 Å². The molecule has 0 saturated heterocycles. The fourth-order valence-corrected chi connectivity index (χ4v) is 2.79. The highest BCUT2D eigenvalue weighted by atomic mass is 127. The summed E-state index contributed by atoms with van der Waals surface area (Å²) in [5.41, 5.74) is 2.16. The molecule has 112 valence electrons. The Kier molecular flexibility index (Phi) is 6.64. The number of hydrogen-bond donors (Lipinski definition) is 1. The van der Waals surface area contributed by atoms with Gasteiger partial charge in [0, 0.05) is 10.1 Å². The van der Waals surface area contributed by atoms with Crippen molar-refractivity contribution in [2.24, 2.45) is 0 Å². The Balaban J connectivity index is 1.88. The summed E-state index contributed by atoms with van der Waals surface area (Å²) in [6, 6.07) is 14.2. The Bertz CT molecular complexity index is 572. The maximum atomic E-state index is 6.20. The summed E-state index contributed by atoms with van der Waals surface area (Å²) in [4.78, 5) is 0. The Labute approximate surface area is 145 Å². The number of unbranched alkanes of at least 4 members (excludes halogenated alkanes) is 1. The van der Waals surface area contributed by atoms with Crippen LogP contribution in [0.4, 0.5) is 5.69 Å². The third-order valence-corrected chi connectivity index (χ3v) is 4.09. The molecule has 1 N–H and O–H groups in total. The van der Waals surface area contributed by atoms with E-state index in [9.17, 15) is 0 Å². The van der Waals surface area contributed by atoms with Crippen molar-refractivity contribution in [3.8, 4) is 5.75 Å². The maximum absolute atomic E-state index is 6.20. The average Bonchev–Trinajstić information content (AvgIpc) is 2.48. The van der Waals surface area contributed by atoms with Crippen LogP contribution >= 0.6 is 34.2 Å². The second-order valence-corrected chi connectivity index (χ2v) is 6.48. The molecule has 0 aromatic heterocycles. The Morgan fingerprint density at radius 2 is 1.90 bits per heavy atom. The number of ether oxygens (including phenoxy) is 1. The lowest BCUT2D eigenvalue weighted by atomic mass is 10.2. The number of anilines is 1. The van der Waals surface area contributed by atoms with Crippen molar-refractivity contribution in [1.29, 1.82) is 0 Å². The Hall–Kier alpha value is -0.940. The van der Waals surface area contributed by atoms with Crippen molar-refractivity contribution >= 4 is 39.9 Å². The number of benzene rings is 2.